The van der Waals surface area contributed by atoms with Crippen molar-refractivity contribution in [2.45, 2.75) is 50.7 Å². The van der Waals surface area contributed by atoms with Crippen LogP contribution in [0.2, 0.25) is 0 Å². The molecule has 1 aliphatic heterocycles. The van der Waals surface area contributed by atoms with E-state index in [0.717, 1.165) is 12.8 Å². The lowest BCUT2D eigenvalue weighted by molar-refractivity contribution is -0.133. The quantitative estimate of drug-likeness (QED) is 0.878. The number of carbonyl (C=O) groups is 1. The van der Waals surface area contributed by atoms with Crippen molar-refractivity contribution in [1.29, 1.82) is 0 Å². The Hall–Kier alpha value is -1.39. The lowest BCUT2D eigenvalue weighted by Crippen LogP contribution is -2.38. The van der Waals surface area contributed by atoms with Gasteiger partial charge in [0.25, 0.3) is 0 Å². The first kappa shape index (κ1) is 17.0. The van der Waals surface area contributed by atoms with E-state index in [4.69, 9.17) is 4.74 Å². The van der Waals surface area contributed by atoms with Gasteiger partial charge in [0.05, 0.1) is 18.8 Å². The SMILES string of the molecule is CO[C@H]1C[C@@H](CO)N(C(=O)CCC(C)(C)c2ccccc2)C1. The van der Waals surface area contributed by atoms with Crippen molar-refractivity contribution in [3.63, 3.8) is 0 Å². The second kappa shape index (κ2) is 7.25. The van der Waals surface area contributed by atoms with E-state index >= 15 is 0 Å². The second-order valence-corrected chi connectivity index (χ2v) is 6.73. The Morgan fingerprint density at radius 1 is 1.36 bits per heavy atom. The minimum atomic E-state index is -0.0997. The standard InChI is InChI=1S/C18H27NO3/c1-18(2,14-7-5-4-6-8-14)10-9-17(21)19-12-16(22-3)11-15(19)13-20/h4-8,15-16,20H,9-13H2,1-3H3/t15-,16-/m0/s1. The number of rotatable bonds is 6. The number of carbonyl (C=O) groups excluding carboxylic acids is 1. The zero-order valence-corrected chi connectivity index (χ0v) is 13.8. The zero-order chi connectivity index (χ0) is 16.2. The lowest BCUT2D eigenvalue weighted by atomic mass is 9.80. The number of likely N-dealkylation sites (tertiary alicyclic amines) is 1. The van der Waals surface area contributed by atoms with Crippen LogP contribution < -0.4 is 0 Å². The Balaban J connectivity index is 1.95. The molecule has 0 radical (unpaired) electrons. The molecule has 0 saturated carbocycles. The van der Waals surface area contributed by atoms with Crippen molar-refractivity contribution in [3.8, 4) is 0 Å². The van der Waals surface area contributed by atoms with Crippen LogP contribution in [0.15, 0.2) is 30.3 Å². The number of methoxy groups -OCH3 is 1. The normalized spacial score (nSPS) is 22.1. The summed E-state index contributed by atoms with van der Waals surface area (Å²) < 4.78 is 5.33. The molecule has 22 heavy (non-hydrogen) atoms. The number of aliphatic hydroxyl groups is 1. The number of benzene rings is 1. The number of ether oxygens (including phenoxy) is 1. The van der Waals surface area contributed by atoms with Gasteiger partial charge in [0.1, 0.15) is 0 Å². The molecule has 1 heterocycles. The van der Waals surface area contributed by atoms with Gasteiger partial charge in [0, 0.05) is 20.1 Å². The molecule has 4 heteroatoms. The summed E-state index contributed by atoms with van der Waals surface area (Å²) in [6.45, 7) is 4.93. The van der Waals surface area contributed by atoms with Crippen molar-refractivity contribution >= 4 is 5.91 Å². The molecule has 0 spiro atoms. The summed E-state index contributed by atoms with van der Waals surface area (Å²) in [5.41, 5.74) is 1.21. The molecule has 122 valence electrons. The summed E-state index contributed by atoms with van der Waals surface area (Å²) in [5.74, 6) is 0.114. The van der Waals surface area contributed by atoms with E-state index < -0.39 is 0 Å². The maximum atomic E-state index is 12.5. The topological polar surface area (TPSA) is 49.8 Å². The van der Waals surface area contributed by atoms with Crippen molar-refractivity contribution in [2.75, 3.05) is 20.3 Å². The first-order valence-electron chi connectivity index (χ1n) is 7.96. The summed E-state index contributed by atoms with van der Waals surface area (Å²) in [4.78, 5) is 14.3. The monoisotopic (exact) mass is 305 g/mol. The summed E-state index contributed by atoms with van der Waals surface area (Å²) >= 11 is 0. The summed E-state index contributed by atoms with van der Waals surface area (Å²) in [5, 5.41) is 9.46. The van der Waals surface area contributed by atoms with Gasteiger partial charge in [-0.3, -0.25) is 4.79 Å². The van der Waals surface area contributed by atoms with Crippen molar-refractivity contribution in [3.05, 3.63) is 35.9 Å². The van der Waals surface area contributed by atoms with Crippen LogP contribution >= 0.6 is 0 Å². The van der Waals surface area contributed by atoms with Crippen LogP contribution in [0.4, 0.5) is 0 Å². The molecular formula is C18H27NO3. The highest BCUT2D eigenvalue weighted by molar-refractivity contribution is 5.77. The fraction of sp³-hybridized carbons (Fsp3) is 0.611. The minimum absolute atomic E-state index is 0.00762. The molecule has 0 aliphatic carbocycles. The van der Waals surface area contributed by atoms with E-state index in [-0.39, 0.29) is 30.1 Å². The average Bonchev–Trinajstić information content (AvgIpc) is 2.97. The van der Waals surface area contributed by atoms with Crippen LogP contribution in [0.1, 0.15) is 38.7 Å². The third-order valence-electron chi connectivity index (χ3n) is 4.76. The third-order valence-corrected chi connectivity index (χ3v) is 4.76. The van der Waals surface area contributed by atoms with Crippen LogP contribution in [0, 0.1) is 0 Å². The van der Waals surface area contributed by atoms with Gasteiger partial charge in [-0.2, -0.15) is 0 Å². The van der Waals surface area contributed by atoms with Crippen molar-refractivity contribution in [2.24, 2.45) is 0 Å². The second-order valence-electron chi connectivity index (χ2n) is 6.73. The molecule has 2 atom stereocenters. The maximum Gasteiger partial charge on any atom is 0.223 e. The van der Waals surface area contributed by atoms with E-state index in [1.807, 2.05) is 18.2 Å². The van der Waals surface area contributed by atoms with Crippen LogP contribution in [0.25, 0.3) is 0 Å². The number of hydrogen-bond acceptors (Lipinski definition) is 3. The Morgan fingerprint density at radius 3 is 2.64 bits per heavy atom. The predicted molar refractivity (Wildman–Crippen MR) is 86.7 cm³/mol. The smallest absolute Gasteiger partial charge is 0.223 e. The fourth-order valence-electron chi connectivity index (χ4n) is 3.12. The number of aliphatic hydroxyl groups excluding tert-OH is 1. The summed E-state index contributed by atoms with van der Waals surface area (Å²) in [7, 11) is 1.66. The molecule has 1 aromatic rings. The average molecular weight is 305 g/mol. The molecular weight excluding hydrogens is 278 g/mol. The molecule has 4 nitrogen and oxygen atoms in total. The van der Waals surface area contributed by atoms with Gasteiger partial charge in [-0.1, -0.05) is 44.2 Å². The first-order chi connectivity index (χ1) is 10.5. The number of nitrogens with zero attached hydrogens (tertiary/aromatic N) is 1. The summed E-state index contributed by atoms with van der Waals surface area (Å²) in [6, 6.07) is 10.2. The number of hydrogen-bond donors (Lipinski definition) is 1. The van der Waals surface area contributed by atoms with Gasteiger partial charge in [0.15, 0.2) is 0 Å². The molecule has 2 rings (SSSR count). The van der Waals surface area contributed by atoms with Crippen LogP contribution in [-0.4, -0.2) is 48.3 Å². The number of amides is 1. The first-order valence-corrected chi connectivity index (χ1v) is 7.96. The van der Waals surface area contributed by atoms with Gasteiger partial charge < -0.3 is 14.7 Å². The van der Waals surface area contributed by atoms with Crippen LogP contribution in [0.5, 0.6) is 0 Å². The molecule has 1 amide bonds. The Morgan fingerprint density at radius 2 is 2.05 bits per heavy atom. The molecule has 0 bridgehead atoms. The van der Waals surface area contributed by atoms with Crippen molar-refractivity contribution in [1.82, 2.24) is 4.90 Å². The van der Waals surface area contributed by atoms with E-state index in [9.17, 15) is 9.90 Å². The fourth-order valence-corrected chi connectivity index (χ4v) is 3.12. The van der Waals surface area contributed by atoms with Crippen molar-refractivity contribution < 1.29 is 14.6 Å². The largest absolute Gasteiger partial charge is 0.394 e. The van der Waals surface area contributed by atoms with Gasteiger partial charge >= 0.3 is 0 Å². The van der Waals surface area contributed by atoms with Gasteiger partial charge in [-0.15, -0.1) is 0 Å². The van der Waals surface area contributed by atoms with E-state index in [1.54, 1.807) is 12.0 Å². The summed E-state index contributed by atoms with van der Waals surface area (Å²) in [6.07, 6.45) is 2.06. The Bertz CT molecular complexity index is 486. The molecule has 1 N–H and O–H groups in total. The lowest BCUT2D eigenvalue weighted by Gasteiger charge is -2.28. The molecule has 1 aliphatic rings. The molecule has 1 fully saturated rings. The van der Waals surface area contributed by atoms with E-state index in [0.29, 0.717) is 13.0 Å². The maximum absolute atomic E-state index is 12.5. The molecule has 1 saturated heterocycles. The Labute approximate surface area is 133 Å². The zero-order valence-electron chi connectivity index (χ0n) is 13.8. The minimum Gasteiger partial charge on any atom is -0.394 e. The predicted octanol–water partition coefficient (Wildman–Crippen LogP) is 2.35. The van der Waals surface area contributed by atoms with Crippen LogP contribution in [0.3, 0.4) is 0 Å². The van der Waals surface area contributed by atoms with E-state index in [1.165, 1.54) is 5.56 Å². The molecule has 0 unspecified atom stereocenters. The van der Waals surface area contributed by atoms with Gasteiger partial charge in [0.2, 0.25) is 5.91 Å². The van der Waals surface area contributed by atoms with Gasteiger partial charge in [-0.05, 0) is 23.8 Å². The van der Waals surface area contributed by atoms with E-state index in [2.05, 4.69) is 26.0 Å². The van der Waals surface area contributed by atoms with Crippen LogP contribution in [-0.2, 0) is 14.9 Å². The molecule has 0 aromatic heterocycles. The Kier molecular flexibility index (Phi) is 5.59. The van der Waals surface area contributed by atoms with Gasteiger partial charge in [-0.25, -0.2) is 0 Å². The molecule has 1 aromatic carbocycles. The third kappa shape index (κ3) is 3.87. The highest BCUT2D eigenvalue weighted by Crippen LogP contribution is 2.29. The highest BCUT2D eigenvalue weighted by Gasteiger charge is 2.35. The highest BCUT2D eigenvalue weighted by atomic mass is 16.5.